The second-order valence-corrected chi connectivity index (χ2v) is 8.35. The topological polar surface area (TPSA) is 48.1 Å². The molecule has 1 aliphatic heterocycles. The van der Waals surface area contributed by atoms with E-state index < -0.39 is 0 Å². The zero-order valence-corrected chi connectivity index (χ0v) is 16.2. The molecule has 1 aromatic carbocycles. The molecule has 0 spiro atoms. The van der Waals surface area contributed by atoms with Crippen molar-refractivity contribution in [1.82, 2.24) is 15.2 Å². The SMILES string of the molecule is CC1CCN([C@@H](CNC(=O)c2cc3cc(F)ccc3[nH]2)c2cccs2)CC1. The quantitative estimate of drug-likeness (QED) is 0.676. The fourth-order valence-corrected chi connectivity index (χ4v) is 4.60. The second-order valence-electron chi connectivity index (χ2n) is 7.37. The summed E-state index contributed by atoms with van der Waals surface area (Å²) in [6.07, 6.45) is 2.40. The second kappa shape index (κ2) is 7.82. The van der Waals surface area contributed by atoms with E-state index in [-0.39, 0.29) is 17.8 Å². The number of rotatable bonds is 5. The number of aromatic nitrogens is 1. The third-order valence-electron chi connectivity index (χ3n) is 5.41. The number of halogens is 1. The van der Waals surface area contributed by atoms with Crippen LogP contribution in [-0.4, -0.2) is 35.4 Å². The van der Waals surface area contributed by atoms with Gasteiger partial charge in [0.2, 0.25) is 0 Å². The van der Waals surface area contributed by atoms with Crippen LogP contribution in [0, 0.1) is 11.7 Å². The zero-order valence-electron chi connectivity index (χ0n) is 15.4. The van der Waals surface area contributed by atoms with Crippen molar-refractivity contribution in [2.45, 2.75) is 25.8 Å². The molecular formula is C21H24FN3OS. The Labute approximate surface area is 162 Å². The van der Waals surface area contributed by atoms with Gasteiger partial charge in [0.15, 0.2) is 0 Å². The van der Waals surface area contributed by atoms with Crippen LogP contribution in [0.1, 0.15) is 41.2 Å². The maximum absolute atomic E-state index is 13.4. The molecule has 1 fully saturated rings. The molecule has 142 valence electrons. The van der Waals surface area contributed by atoms with E-state index in [9.17, 15) is 9.18 Å². The van der Waals surface area contributed by atoms with Crippen molar-refractivity contribution in [1.29, 1.82) is 0 Å². The Kier molecular flexibility index (Phi) is 5.27. The summed E-state index contributed by atoms with van der Waals surface area (Å²) in [6, 6.07) is 10.6. The third-order valence-corrected chi connectivity index (χ3v) is 6.39. The zero-order chi connectivity index (χ0) is 18.8. The van der Waals surface area contributed by atoms with Crippen molar-refractivity contribution in [2.75, 3.05) is 19.6 Å². The number of amides is 1. The first-order valence-electron chi connectivity index (χ1n) is 9.44. The van der Waals surface area contributed by atoms with Gasteiger partial charge >= 0.3 is 0 Å². The number of hydrogen-bond donors (Lipinski definition) is 2. The van der Waals surface area contributed by atoms with Gasteiger partial charge in [-0.2, -0.15) is 0 Å². The van der Waals surface area contributed by atoms with Gasteiger partial charge in [-0.25, -0.2) is 4.39 Å². The lowest BCUT2D eigenvalue weighted by molar-refractivity contribution is 0.0911. The van der Waals surface area contributed by atoms with Crippen molar-refractivity contribution in [2.24, 2.45) is 5.92 Å². The molecule has 0 aliphatic carbocycles. The molecule has 1 atom stereocenters. The Morgan fingerprint density at radius 3 is 2.89 bits per heavy atom. The molecule has 0 unspecified atom stereocenters. The minimum absolute atomic E-state index is 0.154. The first-order chi connectivity index (χ1) is 13.1. The van der Waals surface area contributed by atoms with Crippen LogP contribution in [0.5, 0.6) is 0 Å². The van der Waals surface area contributed by atoms with Crippen LogP contribution >= 0.6 is 11.3 Å². The number of H-pyrrole nitrogens is 1. The number of piperidine rings is 1. The number of aromatic amines is 1. The number of nitrogens with one attached hydrogen (secondary N) is 2. The minimum atomic E-state index is -0.300. The van der Waals surface area contributed by atoms with Crippen LogP contribution in [0.2, 0.25) is 0 Å². The molecule has 0 radical (unpaired) electrons. The van der Waals surface area contributed by atoms with Crippen molar-refractivity contribution < 1.29 is 9.18 Å². The van der Waals surface area contributed by atoms with E-state index in [1.54, 1.807) is 23.5 Å². The normalized spacial score (nSPS) is 17.3. The molecule has 6 heteroatoms. The van der Waals surface area contributed by atoms with E-state index in [1.807, 2.05) is 0 Å². The largest absolute Gasteiger partial charge is 0.351 e. The monoisotopic (exact) mass is 385 g/mol. The summed E-state index contributed by atoms with van der Waals surface area (Å²) in [5, 5.41) is 5.87. The van der Waals surface area contributed by atoms with Gasteiger partial charge in [-0.1, -0.05) is 13.0 Å². The van der Waals surface area contributed by atoms with Crippen molar-refractivity contribution >= 4 is 28.1 Å². The minimum Gasteiger partial charge on any atom is -0.351 e. The highest BCUT2D eigenvalue weighted by Crippen LogP contribution is 2.29. The number of benzene rings is 1. The van der Waals surface area contributed by atoms with Crippen molar-refractivity contribution in [3.05, 3.63) is 58.2 Å². The lowest BCUT2D eigenvalue weighted by atomic mass is 9.97. The average Bonchev–Trinajstić information content (AvgIpc) is 3.32. The molecule has 27 heavy (non-hydrogen) atoms. The number of thiophene rings is 1. The van der Waals surface area contributed by atoms with E-state index in [4.69, 9.17) is 0 Å². The number of likely N-dealkylation sites (tertiary alicyclic amines) is 1. The molecule has 0 bridgehead atoms. The van der Waals surface area contributed by atoms with Gasteiger partial charge in [0.25, 0.3) is 5.91 Å². The van der Waals surface area contributed by atoms with E-state index >= 15 is 0 Å². The molecule has 1 saturated heterocycles. The summed E-state index contributed by atoms with van der Waals surface area (Å²) < 4.78 is 13.4. The Morgan fingerprint density at radius 2 is 2.15 bits per heavy atom. The summed E-state index contributed by atoms with van der Waals surface area (Å²) in [6.45, 7) is 4.99. The number of carbonyl (C=O) groups excluding carboxylic acids is 1. The molecule has 4 nitrogen and oxygen atoms in total. The predicted molar refractivity (Wildman–Crippen MR) is 108 cm³/mol. The number of hydrogen-bond acceptors (Lipinski definition) is 3. The van der Waals surface area contributed by atoms with Gasteiger partial charge < -0.3 is 10.3 Å². The smallest absolute Gasteiger partial charge is 0.267 e. The van der Waals surface area contributed by atoms with Gasteiger partial charge in [0.1, 0.15) is 11.5 Å². The van der Waals surface area contributed by atoms with Crippen molar-refractivity contribution in [3.8, 4) is 0 Å². The van der Waals surface area contributed by atoms with Crippen LogP contribution in [-0.2, 0) is 0 Å². The molecule has 2 aromatic heterocycles. The third kappa shape index (κ3) is 4.06. The molecule has 1 aliphatic rings. The molecule has 1 amide bonds. The maximum Gasteiger partial charge on any atom is 0.267 e. The first kappa shape index (κ1) is 18.2. The standard InChI is InChI=1S/C21H24FN3OS/c1-14-6-8-25(9-7-14)19(20-3-2-10-27-20)13-23-21(26)18-12-15-11-16(22)4-5-17(15)24-18/h2-5,10-12,14,19,24H,6-9,13H2,1H3,(H,23,26)/t19-/m0/s1. The summed E-state index contributed by atoms with van der Waals surface area (Å²) in [4.78, 5) is 19.5. The number of fused-ring (bicyclic) bond motifs is 1. The van der Waals surface area contributed by atoms with Crippen LogP contribution in [0.4, 0.5) is 4.39 Å². The Balaban J connectivity index is 1.47. The molecule has 4 rings (SSSR count). The van der Waals surface area contributed by atoms with Gasteiger partial charge in [0, 0.05) is 22.3 Å². The molecule has 2 N–H and O–H groups in total. The average molecular weight is 386 g/mol. The highest BCUT2D eigenvalue weighted by molar-refractivity contribution is 7.10. The molecule has 0 saturated carbocycles. The first-order valence-corrected chi connectivity index (χ1v) is 10.3. The summed E-state index contributed by atoms with van der Waals surface area (Å²) in [7, 11) is 0. The van der Waals surface area contributed by atoms with Crippen LogP contribution in [0.25, 0.3) is 10.9 Å². The van der Waals surface area contributed by atoms with E-state index in [0.717, 1.165) is 24.5 Å². The van der Waals surface area contributed by atoms with E-state index in [2.05, 4.69) is 39.6 Å². The lowest BCUT2D eigenvalue weighted by Crippen LogP contribution is -2.41. The highest BCUT2D eigenvalue weighted by Gasteiger charge is 2.26. The Morgan fingerprint density at radius 1 is 1.33 bits per heavy atom. The van der Waals surface area contributed by atoms with E-state index in [1.165, 1.54) is 29.9 Å². The fourth-order valence-electron chi connectivity index (χ4n) is 3.74. The van der Waals surface area contributed by atoms with Gasteiger partial charge in [-0.15, -0.1) is 11.3 Å². The molecular weight excluding hydrogens is 361 g/mol. The summed E-state index contributed by atoms with van der Waals surface area (Å²) in [5.41, 5.74) is 1.23. The molecule has 3 heterocycles. The number of nitrogens with zero attached hydrogens (tertiary/aromatic N) is 1. The van der Waals surface area contributed by atoms with Gasteiger partial charge in [-0.3, -0.25) is 9.69 Å². The maximum atomic E-state index is 13.4. The van der Waals surface area contributed by atoms with Crippen LogP contribution in [0.3, 0.4) is 0 Å². The van der Waals surface area contributed by atoms with Crippen molar-refractivity contribution in [3.63, 3.8) is 0 Å². The highest BCUT2D eigenvalue weighted by atomic mass is 32.1. The van der Waals surface area contributed by atoms with Crippen LogP contribution in [0.15, 0.2) is 41.8 Å². The van der Waals surface area contributed by atoms with Gasteiger partial charge in [-0.05, 0) is 67.6 Å². The Bertz CT molecular complexity index is 913. The summed E-state index contributed by atoms with van der Waals surface area (Å²) in [5.74, 6) is 0.315. The predicted octanol–water partition coefficient (Wildman–Crippen LogP) is 4.57. The van der Waals surface area contributed by atoms with Crippen LogP contribution < -0.4 is 5.32 Å². The fraction of sp³-hybridized carbons (Fsp3) is 0.381. The van der Waals surface area contributed by atoms with Gasteiger partial charge in [0.05, 0.1) is 6.04 Å². The summed E-state index contributed by atoms with van der Waals surface area (Å²) >= 11 is 1.74. The van der Waals surface area contributed by atoms with E-state index in [0.29, 0.717) is 17.6 Å². The number of carbonyl (C=O) groups is 1. The molecule has 3 aromatic rings. The Hall–Kier alpha value is -2.18. The lowest BCUT2D eigenvalue weighted by Gasteiger charge is -2.36.